The van der Waals surface area contributed by atoms with Gasteiger partial charge in [-0.25, -0.2) is 19.2 Å². The van der Waals surface area contributed by atoms with Crippen LogP contribution >= 0.6 is 0 Å². The molecule has 0 aromatic rings. The summed E-state index contributed by atoms with van der Waals surface area (Å²) >= 11 is 0. The number of ether oxygens (including phenoxy) is 4. The summed E-state index contributed by atoms with van der Waals surface area (Å²) in [4.78, 5) is 76.7. The van der Waals surface area contributed by atoms with E-state index < -0.39 is 57.7 Å². The number of carbonyl (C=O) groups excluding carboxylic acids is 6. The summed E-state index contributed by atoms with van der Waals surface area (Å²) in [5.74, 6) is -7.80. The summed E-state index contributed by atoms with van der Waals surface area (Å²) in [5, 5.41) is 0. The summed E-state index contributed by atoms with van der Waals surface area (Å²) in [6.45, 7) is 6.36. The standard InChI is InChI=1S/C22H28O10/c1-5-9-29-19(25)13-14(20(26)30-10-6-2)18(24)16(22(28)32-12-8-4)15(17(13)23)21(27)31-11-7-3/h5-12H2,1-4H3. The minimum atomic E-state index is -1.33. The van der Waals surface area contributed by atoms with Crippen LogP contribution in [-0.2, 0) is 47.7 Å². The number of hydrogen-bond acceptors (Lipinski definition) is 10. The molecule has 0 unspecified atom stereocenters. The quantitative estimate of drug-likeness (QED) is 0.185. The Balaban J connectivity index is 3.68. The molecule has 32 heavy (non-hydrogen) atoms. The van der Waals surface area contributed by atoms with Gasteiger partial charge in [-0.05, 0) is 25.7 Å². The second-order valence-corrected chi connectivity index (χ2v) is 6.70. The van der Waals surface area contributed by atoms with Crippen molar-refractivity contribution >= 4 is 35.4 Å². The molecule has 1 aliphatic rings. The fraction of sp³-hybridized carbons (Fsp3) is 0.545. The first kappa shape index (κ1) is 26.7. The largest absolute Gasteiger partial charge is 0.462 e. The van der Waals surface area contributed by atoms with Crippen LogP contribution in [0.3, 0.4) is 0 Å². The molecule has 0 saturated heterocycles. The van der Waals surface area contributed by atoms with E-state index in [1.807, 2.05) is 0 Å². The molecular formula is C22H28O10. The Morgan fingerprint density at radius 2 is 0.656 bits per heavy atom. The first-order chi connectivity index (χ1) is 15.3. The van der Waals surface area contributed by atoms with Crippen LogP contribution in [0.5, 0.6) is 0 Å². The van der Waals surface area contributed by atoms with Gasteiger partial charge in [0.1, 0.15) is 22.3 Å². The maximum Gasteiger partial charge on any atom is 0.343 e. The molecule has 0 fully saturated rings. The summed E-state index contributed by atoms with van der Waals surface area (Å²) in [6, 6.07) is 0. The molecule has 0 saturated carbocycles. The van der Waals surface area contributed by atoms with Gasteiger partial charge in [-0.15, -0.1) is 0 Å². The Morgan fingerprint density at radius 1 is 0.469 bits per heavy atom. The van der Waals surface area contributed by atoms with E-state index in [0.717, 1.165) is 0 Å². The van der Waals surface area contributed by atoms with Crippen molar-refractivity contribution in [1.29, 1.82) is 0 Å². The van der Waals surface area contributed by atoms with Crippen LogP contribution in [0.2, 0.25) is 0 Å². The molecule has 0 spiro atoms. The number of esters is 4. The van der Waals surface area contributed by atoms with Crippen LogP contribution in [0.4, 0.5) is 0 Å². The Kier molecular flexibility index (Phi) is 11.0. The molecule has 0 aromatic heterocycles. The second-order valence-electron chi connectivity index (χ2n) is 6.70. The number of ketones is 2. The maximum absolute atomic E-state index is 13.2. The fourth-order valence-electron chi connectivity index (χ4n) is 2.55. The third kappa shape index (κ3) is 6.35. The average Bonchev–Trinajstić information content (AvgIpc) is 2.78. The van der Waals surface area contributed by atoms with Crippen molar-refractivity contribution in [1.82, 2.24) is 0 Å². The van der Waals surface area contributed by atoms with E-state index in [9.17, 15) is 28.8 Å². The Hall–Kier alpha value is -3.30. The maximum atomic E-state index is 13.2. The highest BCUT2D eigenvalue weighted by molar-refractivity contribution is 6.49. The number of carbonyl (C=O) groups is 6. The third-order valence-corrected chi connectivity index (χ3v) is 3.97. The van der Waals surface area contributed by atoms with Crippen LogP contribution in [0.1, 0.15) is 53.4 Å². The first-order valence-corrected chi connectivity index (χ1v) is 10.5. The van der Waals surface area contributed by atoms with Crippen LogP contribution < -0.4 is 0 Å². The molecule has 0 heterocycles. The first-order valence-electron chi connectivity index (χ1n) is 10.5. The van der Waals surface area contributed by atoms with Gasteiger partial charge in [0, 0.05) is 0 Å². The highest BCUT2D eigenvalue weighted by atomic mass is 16.5. The Morgan fingerprint density at radius 3 is 0.812 bits per heavy atom. The van der Waals surface area contributed by atoms with Gasteiger partial charge >= 0.3 is 23.9 Å². The third-order valence-electron chi connectivity index (χ3n) is 3.97. The molecule has 1 rings (SSSR count). The molecule has 0 aliphatic heterocycles. The lowest BCUT2D eigenvalue weighted by Crippen LogP contribution is -2.38. The van der Waals surface area contributed by atoms with Gasteiger partial charge < -0.3 is 18.9 Å². The molecular weight excluding hydrogens is 424 g/mol. The minimum absolute atomic E-state index is 0.105. The zero-order chi connectivity index (χ0) is 24.3. The van der Waals surface area contributed by atoms with Crippen molar-refractivity contribution in [2.75, 3.05) is 26.4 Å². The van der Waals surface area contributed by atoms with E-state index >= 15 is 0 Å². The van der Waals surface area contributed by atoms with E-state index in [4.69, 9.17) is 18.9 Å². The lowest BCUT2D eigenvalue weighted by Gasteiger charge is -2.20. The molecule has 0 radical (unpaired) electrons. The molecule has 1 aliphatic carbocycles. The van der Waals surface area contributed by atoms with E-state index in [1.165, 1.54) is 0 Å². The normalized spacial score (nSPS) is 13.8. The second kappa shape index (κ2) is 13.2. The van der Waals surface area contributed by atoms with Crippen LogP contribution in [0, 0.1) is 0 Å². The summed E-state index contributed by atoms with van der Waals surface area (Å²) in [7, 11) is 0. The molecule has 0 bridgehead atoms. The lowest BCUT2D eigenvalue weighted by atomic mass is 9.83. The van der Waals surface area contributed by atoms with E-state index in [2.05, 4.69) is 0 Å². The summed E-state index contributed by atoms with van der Waals surface area (Å²) < 4.78 is 19.7. The number of Topliss-reactive ketones (excluding diaryl/α,β-unsaturated/α-hetero) is 2. The van der Waals surface area contributed by atoms with E-state index in [1.54, 1.807) is 27.7 Å². The predicted octanol–water partition coefficient (Wildman–Crippen LogP) is 1.54. The highest BCUT2D eigenvalue weighted by Gasteiger charge is 2.47. The Bertz CT molecular complexity index is 713. The van der Waals surface area contributed by atoms with Crippen molar-refractivity contribution in [2.24, 2.45) is 0 Å². The molecule has 10 nitrogen and oxygen atoms in total. The zero-order valence-corrected chi connectivity index (χ0v) is 18.7. The van der Waals surface area contributed by atoms with Gasteiger partial charge in [0.2, 0.25) is 11.6 Å². The summed E-state index contributed by atoms with van der Waals surface area (Å²) in [6.07, 6.45) is 1.58. The van der Waals surface area contributed by atoms with Gasteiger partial charge in [0.05, 0.1) is 26.4 Å². The van der Waals surface area contributed by atoms with Crippen molar-refractivity contribution in [2.45, 2.75) is 53.4 Å². The zero-order valence-electron chi connectivity index (χ0n) is 18.7. The smallest absolute Gasteiger partial charge is 0.343 e. The highest BCUT2D eigenvalue weighted by Crippen LogP contribution is 2.29. The van der Waals surface area contributed by atoms with Crippen molar-refractivity contribution in [3.63, 3.8) is 0 Å². The minimum Gasteiger partial charge on any atom is -0.462 e. The molecule has 0 atom stereocenters. The van der Waals surface area contributed by atoms with E-state index in [-0.39, 0.29) is 26.4 Å². The van der Waals surface area contributed by atoms with Crippen LogP contribution in [0.25, 0.3) is 0 Å². The van der Waals surface area contributed by atoms with Gasteiger partial charge in [-0.3, -0.25) is 9.59 Å². The lowest BCUT2D eigenvalue weighted by molar-refractivity contribution is -0.148. The fourth-order valence-corrected chi connectivity index (χ4v) is 2.55. The average molecular weight is 452 g/mol. The van der Waals surface area contributed by atoms with Crippen LogP contribution in [-0.4, -0.2) is 61.9 Å². The van der Waals surface area contributed by atoms with Gasteiger partial charge in [-0.1, -0.05) is 27.7 Å². The monoisotopic (exact) mass is 452 g/mol. The molecule has 0 amide bonds. The van der Waals surface area contributed by atoms with Gasteiger partial charge in [-0.2, -0.15) is 0 Å². The van der Waals surface area contributed by atoms with Crippen molar-refractivity contribution in [3.05, 3.63) is 22.3 Å². The predicted molar refractivity (Wildman–Crippen MR) is 109 cm³/mol. The van der Waals surface area contributed by atoms with Gasteiger partial charge in [0.25, 0.3) is 0 Å². The van der Waals surface area contributed by atoms with Crippen molar-refractivity contribution in [3.8, 4) is 0 Å². The SMILES string of the molecule is CCCOC(=O)C1=C(C(=O)OCCC)C(=O)C(C(=O)OCCC)=C(C(=O)OCCC)C1=O. The molecule has 0 N–H and O–H groups in total. The molecule has 10 heteroatoms. The number of rotatable bonds is 12. The van der Waals surface area contributed by atoms with E-state index in [0.29, 0.717) is 25.7 Å². The van der Waals surface area contributed by atoms with Crippen molar-refractivity contribution < 1.29 is 47.7 Å². The molecule has 0 aromatic carbocycles. The number of hydrogen-bond donors (Lipinski definition) is 0. The summed E-state index contributed by atoms with van der Waals surface area (Å²) in [5.41, 5.74) is -3.89. The van der Waals surface area contributed by atoms with Gasteiger partial charge in [0.15, 0.2) is 0 Å². The Labute approximate surface area is 185 Å². The van der Waals surface area contributed by atoms with Crippen LogP contribution in [0.15, 0.2) is 22.3 Å². The molecule has 176 valence electrons. The topological polar surface area (TPSA) is 139 Å².